The Kier molecular flexibility index (Phi) is 2.90. The van der Waals surface area contributed by atoms with Gasteiger partial charge in [0.15, 0.2) is 0 Å². The molecule has 1 rings (SSSR count). The van der Waals surface area contributed by atoms with E-state index in [0.717, 1.165) is 6.42 Å². The molecule has 0 amide bonds. The van der Waals surface area contributed by atoms with Crippen molar-refractivity contribution in [3.05, 3.63) is 30.2 Å². The summed E-state index contributed by atoms with van der Waals surface area (Å²) in [6.07, 6.45) is 8.30. The van der Waals surface area contributed by atoms with Crippen LogP contribution in [0.15, 0.2) is 23.8 Å². The third kappa shape index (κ3) is 2.22. The van der Waals surface area contributed by atoms with Crippen molar-refractivity contribution in [2.75, 3.05) is 6.61 Å². The molecule has 0 unspecified atom stereocenters. The Bertz CT molecular complexity index is 202. The number of ether oxygens (including phenoxy) is 1. The highest BCUT2D eigenvalue weighted by molar-refractivity contribution is 5.91. The normalized spacial score (nSPS) is 15.9. The van der Waals surface area contributed by atoms with Crippen LogP contribution < -0.4 is 0 Å². The van der Waals surface area contributed by atoms with E-state index in [2.05, 4.69) is 0 Å². The first-order valence-electron chi connectivity index (χ1n) is 3.71. The minimum Gasteiger partial charge on any atom is -0.462 e. The van der Waals surface area contributed by atoms with Gasteiger partial charge in [-0.2, -0.15) is 0 Å². The maximum atomic E-state index is 11.0. The van der Waals surface area contributed by atoms with Crippen molar-refractivity contribution in [2.45, 2.75) is 13.3 Å². The van der Waals surface area contributed by atoms with Crippen molar-refractivity contribution < 1.29 is 9.53 Å². The molecule has 0 saturated heterocycles. The maximum absolute atomic E-state index is 11.0. The van der Waals surface area contributed by atoms with E-state index in [-0.39, 0.29) is 5.97 Å². The predicted octanol–water partition coefficient (Wildman–Crippen LogP) is 1.64. The van der Waals surface area contributed by atoms with E-state index in [4.69, 9.17) is 4.74 Å². The molecule has 11 heavy (non-hydrogen) atoms. The molecule has 0 N–H and O–H groups in total. The van der Waals surface area contributed by atoms with Crippen LogP contribution in [-0.2, 0) is 9.53 Å². The molecule has 1 radical (unpaired) electrons. The van der Waals surface area contributed by atoms with Crippen LogP contribution in [0.25, 0.3) is 0 Å². The lowest BCUT2D eigenvalue weighted by molar-refractivity contribution is -0.138. The molecule has 0 bridgehead atoms. The molecule has 0 aromatic rings. The Morgan fingerprint density at radius 3 is 3.09 bits per heavy atom. The zero-order chi connectivity index (χ0) is 8.10. The third-order valence-electron chi connectivity index (χ3n) is 1.40. The molecule has 0 spiro atoms. The molecule has 0 saturated carbocycles. The average Bonchev–Trinajstić information content (AvgIpc) is 2.07. The van der Waals surface area contributed by atoms with Crippen molar-refractivity contribution in [1.82, 2.24) is 0 Å². The van der Waals surface area contributed by atoms with Gasteiger partial charge >= 0.3 is 5.97 Å². The fourth-order valence-electron chi connectivity index (χ4n) is 0.879. The SMILES string of the molecule is CCOC(=O)C1=CC[CH]C=C1. The monoisotopic (exact) mass is 151 g/mol. The number of esters is 1. The third-order valence-corrected chi connectivity index (χ3v) is 1.40. The van der Waals surface area contributed by atoms with Crippen LogP contribution in [0.4, 0.5) is 0 Å². The smallest absolute Gasteiger partial charge is 0.337 e. The van der Waals surface area contributed by atoms with Gasteiger partial charge in [0.2, 0.25) is 0 Å². The number of hydrogen-bond acceptors (Lipinski definition) is 2. The first-order chi connectivity index (χ1) is 5.34. The van der Waals surface area contributed by atoms with E-state index < -0.39 is 0 Å². The highest BCUT2D eigenvalue weighted by Gasteiger charge is 2.07. The van der Waals surface area contributed by atoms with Gasteiger partial charge in [0, 0.05) is 0 Å². The van der Waals surface area contributed by atoms with Gasteiger partial charge in [0.1, 0.15) is 0 Å². The minimum atomic E-state index is -0.225. The summed E-state index contributed by atoms with van der Waals surface area (Å²) in [7, 11) is 0. The quantitative estimate of drug-likeness (QED) is 0.561. The van der Waals surface area contributed by atoms with Crippen LogP contribution in [0.5, 0.6) is 0 Å². The zero-order valence-electron chi connectivity index (χ0n) is 6.54. The second-order valence-electron chi connectivity index (χ2n) is 2.21. The van der Waals surface area contributed by atoms with Crippen molar-refractivity contribution in [1.29, 1.82) is 0 Å². The molecule has 0 atom stereocenters. The van der Waals surface area contributed by atoms with E-state index in [1.165, 1.54) is 0 Å². The van der Waals surface area contributed by atoms with E-state index in [0.29, 0.717) is 12.2 Å². The first-order valence-corrected chi connectivity index (χ1v) is 3.71. The minimum absolute atomic E-state index is 0.225. The van der Waals surface area contributed by atoms with E-state index in [1.54, 1.807) is 13.0 Å². The summed E-state index contributed by atoms with van der Waals surface area (Å²) < 4.78 is 4.81. The molecule has 1 aliphatic rings. The summed E-state index contributed by atoms with van der Waals surface area (Å²) in [6.45, 7) is 2.24. The van der Waals surface area contributed by atoms with Crippen LogP contribution in [0, 0.1) is 6.42 Å². The fourth-order valence-corrected chi connectivity index (χ4v) is 0.879. The maximum Gasteiger partial charge on any atom is 0.337 e. The van der Waals surface area contributed by atoms with Crippen LogP contribution in [0.3, 0.4) is 0 Å². The molecule has 59 valence electrons. The second-order valence-corrected chi connectivity index (χ2v) is 2.21. The number of rotatable bonds is 2. The summed E-state index contributed by atoms with van der Waals surface area (Å²) in [5.74, 6) is -0.225. The van der Waals surface area contributed by atoms with Gasteiger partial charge in [-0.1, -0.05) is 18.2 Å². The molecule has 0 aliphatic heterocycles. The predicted molar refractivity (Wildman–Crippen MR) is 42.8 cm³/mol. The summed E-state index contributed by atoms with van der Waals surface area (Å²) in [4.78, 5) is 11.0. The Hall–Kier alpha value is -1.05. The zero-order valence-corrected chi connectivity index (χ0v) is 6.54. The van der Waals surface area contributed by atoms with Crippen molar-refractivity contribution in [3.63, 3.8) is 0 Å². The molecule has 0 aromatic carbocycles. The molecular weight excluding hydrogens is 140 g/mol. The molecular formula is C9H11O2. The fraction of sp³-hybridized carbons (Fsp3) is 0.333. The van der Waals surface area contributed by atoms with Gasteiger partial charge < -0.3 is 4.74 Å². The Morgan fingerprint density at radius 2 is 2.55 bits per heavy atom. The molecule has 0 aromatic heterocycles. The van der Waals surface area contributed by atoms with Gasteiger partial charge in [0.25, 0.3) is 0 Å². The molecule has 0 heterocycles. The van der Waals surface area contributed by atoms with Crippen molar-refractivity contribution in [2.24, 2.45) is 0 Å². The van der Waals surface area contributed by atoms with Crippen LogP contribution in [-0.4, -0.2) is 12.6 Å². The molecule has 2 nitrogen and oxygen atoms in total. The number of carbonyl (C=O) groups excluding carboxylic acids is 1. The molecule has 1 aliphatic carbocycles. The van der Waals surface area contributed by atoms with Crippen LogP contribution >= 0.6 is 0 Å². The van der Waals surface area contributed by atoms with Gasteiger partial charge in [-0.25, -0.2) is 4.79 Å². The topological polar surface area (TPSA) is 26.3 Å². The Balaban J connectivity index is 2.52. The summed E-state index contributed by atoms with van der Waals surface area (Å²) in [5, 5.41) is 0. The van der Waals surface area contributed by atoms with E-state index in [9.17, 15) is 4.79 Å². The van der Waals surface area contributed by atoms with Crippen LogP contribution in [0.1, 0.15) is 13.3 Å². The number of allylic oxidation sites excluding steroid dienone is 2. The lowest BCUT2D eigenvalue weighted by Crippen LogP contribution is -2.07. The Morgan fingerprint density at radius 1 is 1.73 bits per heavy atom. The lowest BCUT2D eigenvalue weighted by Gasteiger charge is -2.04. The highest BCUT2D eigenvalue weighted by Crippen LogP contribution is 2.09. The number of carbonyl (C=O) groups is 1. The molecule has 0 fully saturated rings. The van der Waals surface area contributed by atoms with Gasteiger partial charge in [0.05, 0.1) is 12.2 Å². The van der Waals surface area contributed by atoms with Gasteiger partial charge in [-0.3, -0.25) is 0 Å². The summed E-state index contributed by atoms with van der Waals surface area (Å²) in [5.41, 5.74) is 0.661. The standard InChI is InChI=1S/C9H11O2/c1-2-11-9(10)8-6-4-3-5-7-8/h3-4,6-7H,2,5H2,1H3. The summed E-state index contributed by atoms with van der Waals surface area (Å²) >= 11 is 0. The Labute approximate surface area is 66.5 Å². The van der Waals surface area contributed by atoms with Crippen LogP contribution in [0.2, 0.25) is 0 Å². The molecule has 2 heteroatoms. The van der Waals surface area contributed by atoms with E-state index in [1.807, 2.05) is 18.6 Å². The number of hydrogen-bond donors (Lipinski definition) is 0. The lowest BCUT2D eigenvalue weighted by atomic mass is 10.1. The van der Waals surface area contributed by atoms with E-state index >= 15 is 0 Å². The van der Waals surface area contributed by atoms with Gasteiger partial charge in [-0.05, 0) is 19.8 Å². The summed E-state index contributed by atoms with van der Waals surface area (Å²) in [6, 6.07) is 0. The second kappa shape index (κ2) is 3.96. The largest absolute Gasteiger partial charge is 0.462 e. The first kappa shape index (κ1) is 8.05. The van der Waals surface area contributed by atoms with Crippen molar-refractivity contribution in [3.8, 4) is 0 Å². The van der Waals surface area contributed by atoms with Gasteiger partial charge in [-0.15, -0.1) is 0 Å². The van der Waals surface area contributed by atoms with Crippen molar-refractivity contribution >= 4 is 5.97 Å². The average molecular weight is 151 g/mol. The highest BCUT2D eigenvalue weighted by atomic mass is 16.5.